The first-order valence-corrected chi connectivity index (χ1v) is 7.41. The summed E-state index contributed by atoms with van der Waals surface area (Å²) in [5, 5.41) is 0. The van der Waals surface area contributed by atoms with Gasteiger partial charge in [-0.05, 0) is 59.9 Å². The molecule has 1 saturated heterocycles. The summed E-state index contributed by atoms with van der Waals surface area (Å²) in [4.78, 5) is 14.1. The predicted octanol–water partition coefficient (Wildman–Crippen LogP) is 3.28. The Morgan fingerprint density at radius 1 is 1.48 bits per heavy atom. The van der Waals surface area contributed by atoms with E-state index in [1.807, 2.05) is 6.92 Å². The Balaban J connectivity index is 2.31. The summed E-state index contributed by atoms with van der Waals surface area (Å²) in [6.07, 6.45) is -3.69. The Labute approximate surface area is 129 Å². The van der Waals surface area contributed by atoms with Crippen molar-refractivity contribution in [2.24, 2.45) is 11.7 Å². The fourth-order valence-corrected chi connectivity index (χ4v) is 3.03. The summed E-state index contributed by atoms with van der Waals surface area (Å²) in [6.45, 7) is 2.84. The van der Waals surface area contributed by atoms with Gasteiger partial charge in [-0.2, -0.15) is 13.2 Å². The van der Waals surface area contributed by atoms with Gasteiger partial charge in [0.2, 0.25) is 0 Å². The molecule has 0 radical (unpaired) electrons. The molecule has 1 aliphatic heterocycles. The fraction of sp³-hybridized carbons (Fsp3) is 0.500. The Morgan fingerprint density at radius 3 is 2.67 bits per heavy atom. The number of rotatable bonds is 2. The number of nitrogens with zero attached hydrogens (tertiary/aromatic N) is 1. The van der Waals surface area contributed by atoms with Gasteiger partial charge in [0.15, 0.2) is 0 Å². The van der Waals surface area contributed by atoms with Crippen LogP contribution >= 0.6 is 15.9 Å². The van der Waals surface area contributed by atoms with E-state index in [-0.39, 0.29) is 17.5 Å². The van der Waals surface area contributed by atoms with Crippen LogP contribution in [-0.2, 0) is 6.18 Å². The van der Waals surface area contributed by atoms with Crippen LogP contribution in [0.25, 0.3) is 0 Å². The average molecular weight is 365 g/mol. The second-order valence-corrected chi connectivity index (χ2v) is 6.19. The number of halogens is 4. The maximum atomic E-state index is 12.8. The summed E-state index contributed by atoms with van der Waals surface area (Å²) < 4.78 is 38.7. The van der Waals surface area contributed by atoms with E-state index >= 15 is 0 Å². The average Bonchev–Trinajstić information content (AvgIpc) is 2.78. The van der Waals surface area contributed by atoms with Crippen LogP contribution in [-0.4, -0.2) is 29.9 Å². The van der Waals surface area contributed by atoms with Crippen LogP contribution in [0.1, 0.15) is 29.3 Å². The monoisotopic (exact) mass is 364 g/mol. The first-order valence-electron chi connectivity index (χ1n) is 6.61. The minimum atomic E-state index is -4.47. The van der Waals surface area contributed by atoms with E-state index in [1.165, 1.54) is 6.07 Å². The third-order valence-corrected chi connectivity index (χ3v) is 4.47. The summed E-state index contributed by atoms with van der Waals surface area (Å²) in [5.41, 5.74) is 4.83. The van der Waals surface area contributed by atoms with Gasteiger partial charge in [-0.3, -0.25) is 4.79 Å². The lowest BCUT2D eigenvalue weighted by atomic mass is 10.1. The van der Waals surface area contributed by atoms with Gasteiger partial charge in [-0.1, -0.05) is 0 Å². The second-order valence-electron chi connectivity index (χ2n) is 5.34. The largest absolute Gasteiger partial charge is 0.416 e. The van der Waals surface area contributed by atoms with Crippen LogP contribution in [0.2, 0.25) is 0 Å². The molecule has 2 unspecified atom stereocenters. The number of nitrogens with two attached hydrogens (primary N) is 1. The van der Waals surface area contributed by atoms with Crippen molar-refractivity contribution in [3.8, 4) is 0 Å². The zero-order valence-corrected chi connectivity index (χ0v) is 13.0. The third kappa shape index (κ3) is 3.40. The summed E-state index contributed by atoms with van der Waals surface area (Å²) in [5.74, 6) is -0.190. The molecule has 1 aliphatic rings. The highest BCUT2D eigenvalue weighted by atomic mass is 79.9. The molecule has 1 heterocycles. The van der Waals surface area contributed by atoms with Crippen molar-refractivity contribution >= 4 is 21.8 Å². The summed E-state index contributed by atoms with van der Waals surface area (Å²) in [6, 6.07) is 3.09. The van der Waals surface area contributed by atoms with Gasteiger partial charge in [-0.25, -0.2) is 0 Å². The number of carbonyl (C=O) groups is 1. The van der Waals surface area contributed by atoms with Gasteiger partial charge in [0.25, 0.3) is 5.91 Å². The molecule has 2 N–H and O–H groups in total. The second kappa shape index (κ2) is 5.96. The van der Waals surface area contributed by atoms with E-state index in [9.17, 15) is 18.0 Å². The molecule has 0 saturated carbocycles. The molecule has 7 heteroatoms. The molecule has 1 aromatic rings. The molecule has 1 fully saturated rings. The van der Waals surface area contributed by atoms with E-state index in [1.54, 1.807) is 4.90 Å². The predicted molar refractivity (Wildman–Crippen MR) is 76.8 cm³/mol. The van der Waals surface area contributed by atoms with Crippen LogP contribution in [0.4, 0.5) is 13.2 Å². The molecule has 0 spiro atoms. The smallest absolute Gasteiger partial charge is 0.336 e. The molecule has 21 heavy (non-hydrogen) atoms. The first kappa shape index (κ1) is 16.3. The Morgan fingerprint density at radius 2 is 2.14 bits per heavy atom. The highest BCUT2D eigenvalue weighted by Crippen LogP contribution is 2.33. The molecule has 1 aromatic carbocycles. The number of benzene rings is 1. The van der Waals surface area contributed by atoms with Crippen molar-refractivity contribution in [3.05, 3.63) is 33.8 Å². The molecule has 2 atom stereocenters. The van der Waals surface area contributed by atoms with Gasteiger partial charge in [0.05, 0.1) is 11.1 Å². The number of amides is 1. The van der Waals surface area contributed by atoms with Crippen LogP contribution < -0.4 is 5.73 Å². The minimum Gasteiger partial charge on any atom is -0.336 e. The normalized spacial score (nSPS) is 22.7. The van der Waals surface area contributed by atoms with Crippen LogP contribution in [0.3, 0.4) is 0 Å². The Kier molecular flexibility index (Phi) is 4.63. The molecule has 0 bridgehead atoms. The van der Waals surface area contributed by atoms with Crippen molar-refractivity contribution < 1.29 is 18.0 Å². The maximum Gasteiger partial charge on any atom is 0.416 e. The Hall–Kier alpha value is -1.08. The maximum absolute atomic E-state index is 12.8. The lowest BCUT2D eigenvalue weighted by Gasteiger charge is -2.22. The molecule has 116 valence electrons. The number of hydrogen-bond acceptors (Lipinski definition) is 2. The van der Waals surface area contributed by atoms with E-state index in [0.29, 0.717) is 17.6 Å². The molecule has 1 amide bonds. The van der Waals surface area contributed by atoms with E-state index < -0.39 is 17.6 Å². The van der Waals surface area contributed by atoms with Crippen molar-refractivity contribution in [1.82, 2.24) is 4.90 Å². The SMILES string of the molecule is CC1CC(CN)CN1C(=O)c1cc(C(F)(F)F)ccc1Br. The van der Waals surface area contributed by atoms with Crippen molar-refractivity contribution in [2.75, 3.05) is 13.1 Å². The van der Waals surface area contributed by atoms with Crippen LogP contribution in [0.15, 0.2) is 22.7 Å². The van der Waals surface area contributed by atoms with Crippen LogP contribution in [0.5, 0.6) is 0 Å². The highest BCUT2D eigenvalue weighted by molar-refractivity contribution is 9.10. The molecular weight excluding hydrogens is 349 g/mol. The highest BCUT2D eigenvalue weighted by Gasteiger charge is 2.35. The van der Waals surface area contributed by atoms with Gasteiger partial charge >= 0.3 is 6.18 Å². The Bertz CT molecular complexity index is 548. The standard InChI is InChI=1S/C14H16BrF3N2O/c1-8-4-9(6-19)7-20(8)13(21)11-5-10(14(16,17)18)2-3-12(11)15/h2-3,5,8-9H,4,6-7,19H2,1H3. The van der Waals surface area contributed by atoms with E-state index in [2.05, 4.69) is 15.9 Å². The molecule has 3 nitrogen and oxygen atoms in total. The van der Waals surface area contributed by atoms with Gasteiger partial charge < -0.3 is 10.6 Å². The first-order chi connectivity index (χ1) is 9.74. The fourth-order valence-electron chi connectivity index (χ4n) is 2.62. The van der Waals surface area contributed by atoms with Gasteiger partial charge in [0.1, 0.15) is 0 Å². The number of likely N-dealkylation sites (tertiary alicyclic amines) is 1. The number of carbonyl (C=O) groups excluding carboxylic acids is 1. The van der Waals surface area contributed by atoms with E-state index in [4.69, 9.17) is 5.73 Å². The quantitative estimate of drug-likeness (QED) is 0.875. The molecule has 0 aliphatic carbocycles. The lowest BCUT2D eigenvalue weighted by molar-refractivity contribution is -0.137. The third-order valence-electron chi connectivity index (χ3n) is 3.78. The van der Waals surface area contributed by atoms with Gasteiger partial charge in [0, 0.05) is 17.1 Å². The van der Waals surface area contributed by atoms with Crippen molar-refractivity contribution in [3.63, 3.8) is 0 Å². The topological polar surface area (TPSA) is 46.3 Å². The summed E-state index contributed by atoms with van der Waals surface area (Å²) >= 11 is 3.16. The van der Waals surface area contributed by atoms with Crippen molar-refractivity contribution in [2.45, 2.75) is 25.6 Å². The van der Waals surface area contributed by atoms with Gasteiger partial charge in [-0.15, -0.1) is 0 Å². The number of hydrogen-bond donors (Lipinski definition) is 1. The summed E-state index contributed by atoms with van der Waals surface area (Å²) in [7, 11) is 0. The lowest BCUT2D eigenvalue weighted by Crippen LogP contribution is -2.34. The molecular formula is C14H16BrF3N2O. The van der Waals surface area contributed by atoms with Crippen LogP contribution in [0, 0.1) is 5.92 Å². The van der Waals surface area contributed by atoms with Crippen molar-refractivity contribution in [1.29, 1.82) is 0 Å². The molecule has 2 rings (SSSR count). The number of alkyl halides is 3. The molecule has 0 aromatic heterocycles. The zero-order valence-electron chi connectivity index (χ0n) is 11.5. The van der Waals surface area contributed by atoms with E-state index in [0.717, 1.165) is 18.6 Å². The minimum absolute atomic E-state index is 0.0208. The zero-order chi connectivity index (χ0) is 15.8.